The minimum Gasteiger partial charge on any atom is -0.396 e. The van der Waals surface area contributed by atoms with Gasteiger partial charge in [-0.15, -0.1) is 22.7 Å². The zero-order valence-corrected chi connectivity index (χ0v) is 15.6. The molecule has 132 valence electrons. The molecule has 0 aliphatic carbocycles. The van der Waals surface area contributed by atoms with E-state index in [2.05, 4.69) is 15.4 Å². The summed E-state index contributed by atoms with van der Waals surface area (Å²) in [6.07, 6.45) is 0.487. The second-order valence-electron chi connectivity index (χ2n) is 5.74. The third-order valence-electron chi connectivity index (χ3n) is 3.92. The Kier molecular flexibility index (Phi) is 4.54. The van der Waals surface area contributed by atoms with Crippen molar-refractivity contribution in [1.29, 1.82) is 0 Å². The van der Waals surface area contributed by atoms with Crippen molar-refractivity contribution in [3.8, 4) is 11.3 Å². The van der Waals surface area contributed by atoms with Crippen LogP contribution in [0.3, 0.4) is 0 Å². The van der Waals surface area contributed by atoms with Crippen molar-refractivity contribution < 1.29 is 9.90 Å². The fourth-order valence-corrected chi connectivity index (χ4v) is 4.42. The Morgan fingerprint density at radius 1 is 1.31 bits per heavy atom. The van der Waals surface area contributed by atoms with Gasteiger partial charge in [-0.1, -0.05) is 30.3 Å². The molecule has 0 saturated heterocycles. The highest BCUT2D eigenvalue weighted by Gasteiger charge is 2.18. The molecule has 3 aromatic heterocycles. The van der Waals surface area contributed by atoms with Crippen LogP contribution >= 0.6 is 22.7 Å². The van der Waals surface area contributed by atoms with Crippen LogP contribution in [0.1, 0.15) is 15.4 Å². The number of aliphatic hydroxyl groups excluding tert-OH is 1. The fourth-order valence-electron chi connectivity index (χ4n) is 2.71. The van der Waals surface area contributed by atoms with Gasteiger partial charge in [-0.2, -0.15) is 5.10 Å². The Hall–Kier alpha value is -2.55. The Bertz CT molecular complexity index is 1070. The number of benzene rings is 1. The quantitative estimate of drug-likeness (QED) is 0.551. The first-order valence-corrected chi connectivity index (χ1v) is 9.74. The Morgan fingerprint density at radius 2 is 2.12 bits per heavy atom. The smallest absolute Gasteiger partial charge is 0.267 e. The molecule has 0 spiro atoms. The van der Waals surface area contributed by atoms with Crippen molar-refractivity contribution in [2.45, 2.75) is 6.42 Å². The number of fused-ring (bicyclic) bond motifs is 1. The third kappa shape index (κ3) is 3.14. The predicted octanol–water partition coefficient (Wildman–Crippen LogP) is 3.55. The highest BCUT2D eigenvalue weighted by molar-refractivity contribution is 7.20. The number of carbonyl (C=O) groups is 1. The number of anilines is 1. The lowest BCUT2D eigenvalue weighted by atomic mass is 10.1. The summed E-state index contributed by atoms with van der Waals surface area (Å²) in [5.41, 5.74) is 2.68. The van der Waals surface area contributed by atoms with Gasteiger partial charge in [0.05, 0.1) is 10.6 Å². The summed E-state index contributed by atoms with van der Waals surface area (Å²) < 4.78 is 1.81. The number of carbonyl (C=O) groups excluding carboxylic acids is 1. The first kappa shape index (κ1) is 16.9. The summed E-state index contributed by atoms with van der Waals surface area (Å²) >= 11 is 2.77. The number of aliphatic hydroxyl groups is 1. The summed E-state index contributed by atoms with van der Waals surface area (Å²) in [6.45, 7) is 0.0443. The van der Waals surface area contributed by atoms with Crippen LogP contribution in [0.25, 0.3) is 21.5 Å². The molecule has 0 radical (unpaired) electrons. The maximum atomic E-state index is 12.6. The van der Waals surface area contributed by atoms with Gasteiger partial charge in [-0.3, -0.25) is 14.8 Å². The number of nitrogens with zero attached hydrogens (tertiary/aromatic N) is 3. The summed E-state index contributed by atoms with van der Waals surface area (Å²) in [7, 11) is 1.88. The van der Waals surface area contributed by atoms with Gasteiger partial charge in [0.2, 0.25) is 0 Å². The van der Waals surface area contributed by atoms with Gasteiger partial charge < -0.3 is 5.11 Å². The highest BCUT2D eigenvalue weighted by Crippen LogP contribution is 2.34. The van der Waals surface area contributed by atoms with Crippen molar-refractivity contribution in [2.24, 2.45) is 7.05 Å². The molecular weight excluding hydrogens is 368 g/mol. The van der Waals surface area contributed by atoms with Crippen LogP contribution in [-0.2, 0) is 13.5 Å². The van der Waals surface area contributed by atoms with E-state index in [1.807, 2.05) is 53.5 Å². The van der Waals surface area contributed by atoms with Crippen molar-refractivity contribution in [3.63, 3.8) is 0 Å². The van der Waals surface area contributed by atoms with Gasteiger partial charge in [-0.25, -0.2) is 4.98 Å². The molecular formula is C18H16N4O2S2. The largest absolute Gasteiger partial charge is 0.396 e. The standard InChI is InChI=1S/C18H16N4O2S2/c1-22-17-13(15(21-22)11-5-3-2-4-6-11)9-14(26-17)16(24)20-18-19-12(7-8-23)10-25-18/h2-6,9-10,23H,7-8H2,1H3,(H,19,20,24). The first-order chi connectivity index (χ1) is 12.7. The molecule has 1 aromatic carbocycles. The molecule has 3 heterocycles. The lowest BCUT2D eigenvalue weighted by Crippen LogP contribution is -2.10. The summed E-state index contributed by atoms with van der Waals surface area (Å²) in [5.74, 6) is -0.185. The summed E-state index contributed by atoms with van der Waals surface area (Å²) in [6, 6.07) is 11.8. The molecule has 1 amide bonds. The van der Waals surface area contributed by atoms with E-state index in [4.69, 9.17) is 5.11 Å². The molecule has 0 aliphatic heterocycles. The molecule has 26 heavy (non-hydrogen) atoms. The van der Waals surface area contributed by atoms with Crippen LogP contribution in [0.5, 0.6) is 0 Å². The molecule has 0 unspecified atom stereocenters. The third-order valence-corrected chi connectivity index (χ3v) is 5.93. The summed E-state index contributed by atoms with van der Waals surface area (Å²) in [4.78, 5) is 18.5. The van der Waals surface area contributed by atoms with Gasteiger partial charge in [0.15, 0.2) is 5.13 Å². The lowest BCUT2D eigenvalue weighted by molar-refractivity contribution is 0.103. The first-order valence-electron chi connectivity index (χ1n) is 8.04. The van der Waals surface area contributed by atoms with E-state index >= 15 is 0 Å². The normalized spacial score (nSPS) is 11.2. The molecule has 0 bridgehead atoms. The van der Waals surface area contributed by atoms with Gasteiger partial charge >= 0.3 is 0 Å². The molecule has 0 saturated carbocycles. The fraction of sp³-hybridized carbons (Fsp3) is 0.167. The number of thiophene rings is 1. The molecule has 4 aromatic rings. The van der Waals surface area contributed by atoms with Crippen molar-refractivity contribution in [3.05, 3.63) is 52.3 Å². The van der Waals surface area contributed by atoms with Crippen molar-refractivity contribution in [2.75, 3.05) is 11.9 Å². The van der Waals surface area contributed by atoms with Gasteiger partial charge in [-0.05, 0) is 6.07 Å². The molecule has 6 nitrogen and oxygen atoms in total. The van der Waals surface area contributed by atoms with Crippen LogP contribution < -0.4 is 5.32 Å². The van der Waals surface area contributed by atoms with E-state index < -0.39 is 0 Å². The van der Waals surface area contributed by atoms with Crippen molar-refractivity contribution in [1.82, 2.24) is 14.8 Å². The van der Waals surface area contributed by atoms with Gasteiger partial charge in [0, 0.05) is 36.4 Å². The molecule has 0 aliphatic rings. The maximum Gasteiger partial charge on any atom is 0.267 e. The molecule has 2 N–H and O–H groups in total. The van der Waals surface area contributed by atoms with Crippen LogP contribution in [0.15, 0.2) is 41.8 Å². The van der Waals surface area contributed by atoms with Gasteiger partial charge in [0.25, 0.3) is 5.91 Å². The average molecular weight is 384 g/mol. The number of nitrogens with one attached hydrogen (secondary N) is 1. The van der Waals surface area contributed by atoms with Crippen LogP contribution in [0.4, 0.5) is 5.13 Å². The summed E-state index contributed by atoms with van der Waals surface area (Å²) in [5, 5.41) is 19.7. The monoisotopic (exact) mass is 384 g/mol. The molecule has 8 heteroatoms. The Morgan fingerprint density at radius 3 is 2.88 bits per heavy atom. The Labute approximate surface area is 157 Å². The minimum atomic E-state index is -0.185. The van der Waals surface area contributed by atoms with Crippen LogP contribution in [0.2, 0.25) is 0 Å². The van der Waals surface area contributed by atoms with Crippen molar-refractivity contribution >= 4 is 43.9 Å². The van der Waals surface area contributed by atoms with E-state index in [1.165, 1.54) is 22.7 Å². The van der Waals surface area contributed by atoms with Gasteiger partial charge in [0.1, 0.15) is 10.5 Å². The second-order valence-corrected chi connectivity index (χ2v) is 7.63. The predicted molar refractivity (Wildman–Crippen MR) is 105 cm³/mol. The van der Waals surface area contributed by atoms with E-state index in [9.17, 15) is 4.79 Å². The number of aryl methyl sites for hydroxylation is 1. The topological polar surface area (TPSA) is 80.0 Å². The zero-order chi connectivity index (χ0) is 18.1. The molecule has 0 fully saturated rings. The maximum absolute atomic E-state index is 12.6. The number of aromatic nitrogens is 3. The van der Waals surface area contributed by atoms with E-state index in [0.717, 1.165) is 27.2 Å². The number of hydrogen-bond donors (Lipinski definition) is 2. The van der Waals surface area contributed by atoms with E-state index in [-0.39, 0.29) is 12.5 Å². The number of thiazole rings is 1. The highest BCUT2D eigenvalue weighted by atomic mass is 32.1. The van der Waals surface area contributed by atoms with Crippen LogP contribution in [0, 0.1) is 0 Å². The molecule has 0 atom stereocenters. The lowest BCUT2D eigenvalue weighted by Gasteiger charge is -1.99. The number of amides is 1. The number of rotatable bonds is 5. The van der Waals surface area contributed by atoms with E-state index in [0.29, 0.717) is 16.4 Å². The SMILES string of the molecule is Cn1nc(-c2ccccc2)c2cc(C(=O)Nc3nc(CCO)cs3)sc21. The van der Waals surface area contributed by atoms with Crippen LogP contribution in [-0.4, -0.2) is 32.4 Å². The molecule has 4 rings (SSSR count). The zero-order valence-electron chi connectivity index (χ0n) is 14.0. The van der Waals surface area contributed by atoms with E-state index in [1.54, 1.807) is 0 Å². The Balaban J connectivity index is 1.63. The number of hydrogen-bond acceptors (Lipinski definition) is 6. The average Bonchev–Trinajstić information content (AvgIpc) is 3.33. The second kappa shape index (κ2) is 6.99. The minimum absolute atomic E-state index is 0.0443.